The predicted molar refractivity (Wildman–Crippen MR) is 98.5 cm³/mol. The van der Waals surface area contributed by atoms with Crippen molar-refractivity contribution in [1.29, 1.82) is 0 Å². The van der Waals surface area contributed by atoms with Crippen molar-refractivity contribution in [3.63, 3.8) is 0 Å². The van der Waals surface area contributed by atoms with Crippen LogP contribution in [0.4, 0.5) is 0 Å². The number of nitrogens with one attached hydrogen (secondary N) is 2. The molecule has 2 amide bonds. The highest BCUT2D eigenvalue weighted by Gasteiger charge is 2.23. The highest BCUT2D eigenvalue weighted by Crippen LogP contribution is 2.07. The summed E-state index contributed by atoms with van der Waals surface area (Å²) in [5.41, 5.74) is 0.853. The normalized spacial score (nSPS) is 21.6. The minimum atomic E-state index is -1.01. The fourth-order valence-electron chi connectivity index (χ4n) is 2.43. The van der Waals surface area contributed by atoms with Crippen LogP contribution in [0.2, 0.25) is 0 Å². The predicted octanol–water partition coefficient (Wildman–Crippen LogP) is -0.563. The molecule has 9 nitrogen and oxygen atoms in total. The Morgan fingerprint density at radius 3 is 2.21 bits per heavy atom. The third-order valence-electron chi connectivity index (χ3n) is 3.77. The van der Waals surface area contributed by atoms with Gasteiger partial charge in [-0.15, -0.1) is 0 Å². The lowest BCUT2D eigenvalue weighted by Crippen LogP contribution is -2.41. The Balaban J connectivity index is 1.94. The molecule has 0 saturated carbocycles. The minimum Gasteiger partial charge on any atom is -0.450 e. The van der Waals surface area contributed by atoms with Gasteiger partial charge in [-0.2, -0.15) is 0 Å². The van der Waals surface area contributed by atoms with Crippen LogP contribution >= 0.6 is 0 Å². The Morgan fingerprint density at radius 1 is 0.821 bits per heavy atom. The van der Waals surface area contributed by atoms with Crippen LogP contribution in [0.15, 0.2) is 30.3 Å². The number of rotatable bonds is 2. The van der Waals surface area contributed by atoms with Gasteiger partial charge in [0.25, 0.3) is 5.91 Å². The van der Waals surface area contributed by atoms with Crippen LogP contribution in [0.1, 0.15) is 5.56 Å². The van der Waals surface area contributed by atoms with E-state index in [0.29, 0.717) is 33.0 Å². The van der Waals surface area contributed by atoms with Crippen LogP contribution in [0.3, 0.4) is 0 Å². The molecule has 154 valence electrons. The third-order valence-corrected chi connectivity index (χ3v) is 3.77. The Hall–Kier alpha value is -2.49. The largest absolute Gasteiger partial charge is 0.450 e. The van der Waals surface area contributed by atoms with E-state index in [0.717, 1.165) is 5.56 Å². The maximum Gasteiger partial charge on any atom is 0.332 e. The highest BCUT2D eigenvalue weighted by molar-refractivity contribution is 5.84. The van der Waals surface area contributed by atoms with Crippen molar-refractivity contribution in [3.8, 4) is 0 Å². The molecule has 1 fully saturated rings. The van der Waals surface area contributed by atoms with Crippen LogP contribution in [-0.2, 0) is 39.8 Å². The highest BCUT2D eigenvalue weighted by atomic mass is 16.6. The zero-order valence-electron chi connectivity index (χ0n) is 15.7. The summed E-state index contributed by atoms with van der Waals surface area (Å²) in [4.78, 5) is 36.1. The van der Waals surface area contributed by atoms with Gasteiger partial charge >= 0.3 is 5.97 Å². The molecule has 1 heterocycles. The van der Waals surface area contributed by atoms with Crippen molar-refractivity contribution in [3.05, 3.63) is 35.9 Å². The van der Waals surface area contributed by atoms with E-state index in [9.17, 15) is 14.4 Å². The molecule has 1 atom stereocenters. The van der Waals surface area contributed by atoms with E-state index in [2.05, 4.69) is 10.6 Å². The summed E-state index contributed by atoms with van der Waals surface area (Å²) in [5, 5.41) is 5.30. The van der Waals surface area contributed by atoms with Crippen LogP contribution in [0, 0.1) is 0 Å². The van der Waals surface area contributed by atoms with Gasteiger partial charge in [-0.05, 0) is 5.56 Å². The summed E-state index contributed by atoms with van der Waals surface area (Å²) >= 11 is 0. The molecule has 0 aliphatic carbocycles. The van der Waals surface area contributed by atoms with E-state index >= 15 is 0 Å². The van der Waals surface area contributed by atoms with Crippen molar-refractivity contribution in [2.75, 3.05) is 52.7 Å². The molecule has 28 heavy (non-hydrogen) atoms. The summed E-state index contributed by atoms with van der Waals surface area (Å²) in [6.45, 7) is 1.31. The van der Waals surface area contributed by atoms with Gasteiger partial charge < -0.3 is 29.6 Å². The molecule has 9 heteroatoms. The van der Waals surface area contributed by atoms with E-state index in [1.807, 2.05) is 30.3 Å². The third kappa shape index (κ3) is 8.94. The number of cyclic esters (lactones) is 1. The van der Waals surface area contributed by atoms with Crippen molar-refractivity contribution >= 4 is 17.8 Å². The van der Waals surface area contributed by atoms with E-state index < -0.39 is 24.6 Å². The number of ether oxygens (including phenoxy) is 4. The molecular weight excluding hydrogens is 368 g/mol. The number of amides is 2. The van der Waals surface area contributed by atoms with E-state index in [4.69, 9.17) is 18.9 Å². The smallest absolute Gasteiger partial charge is 0.332 e. The Kier molecular flexibility index (Phi) is 9.98. The SMILES string of the molecule is O=C1COCC(=O)OC(Cc2ccccc2)C(=O)NCCOCCOCCN1. The lowest BCUT2D eigenvalue weighted by molar-refractivity contribution is -0.160. The standard InChI is InChI=1S/C19H26N2O7/c22-17-13-27-14-18(23)28-16(12-15-4-2-1-3-5-15)19(24)21-7-9-26-11-10-25-8-6-20-17/h1-5,16H,6-14H2,(H,20,22)(H,21,24). The molecule has 1 unspecified atom stereocenters. The summed E-state index contributed by atoms with van der Waals surface area (Å²) in [5.74, 6) is -1.51. The number of carbonyl (C=O) groups excluding carboxylic acids is 3. The molecule has 0 spiro atoms. The maximum absolute atomic E-state index is 12.4. The quantitative estimate of drug-likeness (QED) is 0.647. The van der Waals surface area contributed by atoms with E-state index in [1.165, 1.54) is 0 Å². The number of esters is 1. The van der Waals surface area contributed by atoms with Crippen molar-refractivity contribution in [2.45, 2.75) is 12.5 Å². The summed E-state index contributed by atoms with van der Waals surface area (Å²) in [6.07, 6.45) is -0.775. The summed E-state index contributed by atoms with van der Waals surface area (Å²) < 4.78 is 21.0. The first kappa shape index (κ1) is 21.8. The number of hydrogen-bond acceptors (Lipinski definition) is 7. The molecule has 2 N–H and O–H groups in total. The molecule has 0 bridgehead atoms. The Morgan fingerprint density at radius 2 is 1.50 bits per heavy atom. The van der Waals surface area contributed by atoms with Crippen LogP contribution in [0.5, 0.6) is 0 Å². The van der Waals surface area contributed by atoms with E-state index in [1.54, 1.807) is 0 Å². The minimum absolute atomic E-state index is 0.230. The average molecular weight is 394 g/mol. The van der Waals surface area contributed by atoms with Crippen LogP contribution < -0.4 is 10.6 Å². The lowest BCUT2D eigenvalue weighted by atomic mass is 10.1. The van der Waals surface area contributed by atoms with Crippen LogP contribution in [0.25, 0.3) is 0 Å². The fourth-order valence-corrected chi connectivity index (χ4v) is 2.43. The Bertz CT molecular complexity index is 624. The summed E-state index contributed by atoms with van der Waals surface area (Å²) in [6, 6.07) is 9.23. The second-order valence-electron chi connectivity index (χ2n) is 6.03. The van der Waals surface area contributed by atoms with Gasteiger partial charge in [0.1, 0.15) is 13.2 Å². The second-order valence-corrected chi connectivity index (χ2v) is 6.03. The fraction of sp³-hybridized carbons (Fsp3) is 0.526. The molecule has 2 rings (SSSR count). The topological polar surface area (TPSA) is 112 Å². The first-order valence-electron chi connectivity index (χ1n) is 9.16. The van der Waals surface area contributed by atoms with Gasteiger partial charge in [-0.1, -0.05) is 30.3 Å². The van der Waals surface area contributed by atoms with Gasteiger partial charge in [0.15, 0.2) is 6.10 Å². The molecule has 1 aliphatic rings. The monoisotopic (exact) mass is 394 g/mol. The van der Waals surface area contributed by atoms with Crippen molar-refractivity contribution < 1.29 is 33.3 Å². The second kappa shape index (κ2) is 12.8. The molecule has 1 saturated heterocycles. The van der Waals surface area contributed by atoms with Crippen LogP contribution in [-0.4, -0.2) is 76.6 Å². The molecule has 1 aromatic carbocycles. The van der Waals surface area contributed by atoms with Gasteiger partial charge in [-0.25, -0.2) is 4.79 Å². The molecule has 1 aliphatic heterocycles. The van der Waals surface area contributed by atoms with Gasteiger partial charge in [0.2, 0.25) is 5.91 Å². The van der Waals surface area contributed by atoms with Crippen molar-refractivity contribution in [2.24, 2.45) is 0 Å². The van der Waals surface area contributed by atoms with Gasteiger partial charge in [0.05, 0.1) is 26.4 Å². The van der Waals surface area contributed by atoms with E-state index in [-0.39, 0.29) is 25.5 Å². The van der Waals surface area contributed by atoms with Gasteiger partial charge in [-0.3, -0.25) is 9.59 Å². The van der Waals surface area contributed by atoms with Crippen molar-refractivity contribution in [1.82, 2.24) is 10.6 Å². The molecular formula is C19H26N2O7. The zero-order chi connectivity index (χ0) is 20.0. The molecule has 0 radical (unpaired) electrons. The number of benzene rings is 1. The molecule has 1 aromatic rings. The number of carbonyl (C=O) groups is 3. The first-order valence-corrected chi connectivity index (χ1v) is 9.16. The Labute approximate surface area is 163 Å². The average Bonchev–Trinajstić information content (AvgIpc) is 2.69. The first-order chi connectivity index (χ1) is 13.6. The zero-order valence-corrected chi connectivity index (χ0v) is 15.7. The van der Waals surface area contributed by atoms with Gasteiger partial charge in [0, 0.05) is 19.5 Å². The maximum atomic E-state index is 12.4. The lowest BCUT2D eigenvalue weighted by Gasteiger charge is -2.18. The number of hydrogen-bond donors (Lipinski definition) is 2. The molecule has 0 aromatic heterocycles. The summed E-state index contributed by atoms with van der Waals surface area (Å²) in [7, 11) is 0.